The predicted octanol–water partition coefficient (Wildman–Crippen LogP) is 2.36. The van der Waals surface area contributed by atoms with E-state index in [4.69, 9.17) is 4.52 Å². The van der Waals surface area contributed by atoms with E-state index in [1.54, 1.807) is 12.1 Å². The lowest BCUT2D eigenvalue weighted by Gasteiger charge is -2.04. The quantitative estimate of drug-likeness (QED) is 0.808. The van der Waals surface area contributed by atoms with Gasteiger partial charge in [-0.3, -0.25) is 4.79 Å². The smallest absolute Gasteiger partial charge is 0.230 e. The summed E-state index contributed by atoms with van der Waals surface area (Å²) in [6.45, 7) is 2.48. The van der Waals surface area contributed by atoms with Crippen molar-refractivity contribution in [3.63, 3.8) is 0 Å². The fraction of sp³-hybridized carbons (Fsp3) is 0.400. The highest BCUT2D eigenvalue weighted by Crippen LogP contribution is 2.09. The number of aryl methyl sites for hydroxylation is 1. The van der Waals surface area contributed by atoms with Gasteiger partial charge in [-0.15, -0.1) is 11.8 Å². The SMILES string of the molecule is CCc1nc(CSCC(=O)NCCc2ccc(F)cc2)no1. The zero-order valence-electron chi connectivity index (χ0n) is 12.3. The summed E-state index contributed by atoms with van der Waals surface area (Å²) in [6, 6.07) is 6.28. The van der Waals surface area contributed by atoms with Crippen molar-refractivity contribution >= 4 is 17.7 Å². The minimum absolute atomic E-state index is 0.0358. The number of benzene rings is 1. The molecule has 1 aromatic carbocycles. The molecule has 7 heteroatoms. The van der Waals surface area contributed by atoms with Crippen molar-refractivity contribution in [2.45, 2.75) is 25.5 Å². The highest BCUT2D eigenvalue weighted by molar-refractivity contribution is 7.99. The number of nitrogens with one attached hydrogen (secondary N) is 1. The molecule has 2 rings (SSSR count). The molecule has 1 aromatic heterocycles. The molecule has 0 spiro atoms. The van der Waals surface area contributed by atoms with Crippen LogP contribution in [-0.4, -0.2) is 28.3 Å². The third kappa shape index (κ3) is 5.48. The Bertz CT molecular complexity index is 601. The van der Waals surface area contributed by atoms with Gasteiger partial charge in [0.2, 0.25) is 11.8 Å². The topological polar surface area (TPSA) is 68.0 Å². The first-order valence-corrected chi connectivity index (χ1v) is 8.23. The van der Waals surface area contributed by atoms with Crippen molar-refractivity contribution in [1.29, 1.82) is 0 Å². The van der Waals surface area contributed by atoms with Crippen molar-refractivity contribution in [3.05, 3.63) is 47.4 Å². The zero-order valence-corrected chi connectivity index (χ0v) is 13.2. The van der Waals surface area contributed by atoms with Crippen LogP contribution in [0.2, 0.25) is 0 Å². The summed E-state index contributed by atoms with van der Waals surface area (Å²) < 4.78 is 17.7. The summed E-state index contributed by atoms with van der Waals surface area (Å²) in [5, 5.41) is 6.65. The Balaban J connectivity index is 1.60. The van der Waals surface area contributed by atoms with Crippen LogP contribution in [0.5, 0.6) is 0 Å². The van der Waals surface area contributed by atoms with Crippen LogP contribution in [0.25, 0.3) is 0 Å². The Labute approximate surface area is 132 Å². The van der Waals surface area contributed by atoms with E-state index in [-0.39, 0.29) is 11.7 Å². The maximum atomic E-state index is 12.8. The van der Waals surface area contributed by atoms with Crippen LogP contribution in [-0.2, 0) is 23.4 Å². The lowest BCUT2D eigenvalue weighted by molar-refractivity contribution is -0.118. The second-order valence-electron chi connectivity index (χ2n) is 4.68. The Morgan fingerprint density at radius 3 is 2.82 bits per heavy atom. The zero-order chi connectivity index (χ0) is 15.8. The molecule has 0 radical (unpaired) electrons. The van der Waals surface area contributed by atoms with Crippen molar-refractivity contribution in [1.82, 2.24) is 15.5 Å². The van der Waals surface area contributed by atoms with Crippen molar-refractivity contribution in [3.8, 4) is 0 Å². The number of halogens is 1. The second kappa shape index (κ2) is 8.53. The standard InChI is InChI=1S/C15H18FN3O2S/c1-2-15-18-13(19-21-15)9-22-10-14(20)17-8-7-11-3-5-12(16)6-4-11/h3-6H,2,7-10H2,1H3,(H,17,20). The third-order valence-corrected chi connectivity index (χ3v) is 3.85. The average Bonchev–Trinajstić information content (AvgIpc) is 2.97. The predicted molar refractivity (Wildman–Crippen MR) is 83.0 cm³/mol. The van der Waals surface area contributed by atoms with Gasteiger partial charge in [0.25, 0.3) is 0 Å². The molecule has 0 atom stereocenters. The number of aromatic nitrogens is 2. The summed E-state index contributed by atoms with van der Waals surface area (Å²) in [6.07, 6.45) is 1.39. The van der Waals surface area contributed by atoms with Gasteiger partial charge in [-0.25, -0.2) is 4.39 Å². The molecule has 22 heavy (non-hydrogen) atoms. The van der Waals surface area contributed by atoms with Gasteiger partial charge in [-0.2, -0.15) is 4.98 Å². The van der Waals surface area contributed by atoms with Crippen LogP contribution in [0.3, 0.4) is 0 Å². The first-order chi connectivity index (χ1) is 10.7. The van der Waals surface area contributed by atoms with E-state index in [0.717, 1.165) is 5.56 Å². The average molecular weight is 323 g/mol. The highest BCUT2D eigenvalue weighted by Gasteiger charge is 2.06. The van der Waals surface area contributed by atoms with Crippen molar-refractivity contribution < 1.29 is 13.7 Å². The van der Waals surface area contributed by atoms with Crippen LogP contribution in [0.15, 0.2) is 28.8 Å². The molecule has 0 saturated carbocycles. The number of hydrogen-bond acceptors (Lipinski definition) is 5. The highest BCUT2D eigenvalue weighted by atomic mass is 32.2. The summed E-state index contributed by atoms with van der Waals surface area (Å²) in [4.78, 5) is 15.9. The maximum absolute atomic E-state index is 12.8. The fourth-order valence-corrected chi connectivity index (χ4v) is 2.47. The number of carbonyl (C=O) groups is 1. The third-order valence-electron chi connectivity index (χ3n) is 2.93. The van der Waals surface area contributed by atoms with Crippen LogP contribution in [0, 0.1) is 5.82 Å². The molecule has 0 aliphatic rings. The van der Waals surface area contributed by atoms with Crippen LogP contribution in [0.4, 0.5) is 4.39 Å². The van der Waals surface area contributed by atoms with Gasteiger partial charge in [-0.1, -0.05) is 24.2 Å². The Hall–Kier alpha value is -1.89. The van der Waals surface area contributed by atoms with E-state index < -0.39 is 0 Å². The minimum atomic E-state index is -0.253. The van der Waals surface area contributed by atoms with Gasteiger partial charge in [0.15, 0.2) is 5.82 Å². The van der Waals surface area contributed by atoms with Gasteiger partial charge in [-0.05, 0) is 24.1 Å². The molecule has 1 N–H and O–H groups in total. The van der Waals surface area contributed by atoms with Gasteiger partial charge in [0.05, 0.1) is 11.5 Å². The number of carbonyl (C=O) groups excluding carboxylic acids is 1. The molecule has 0 aliphatic carbocycles. The fourth-order valence-electron chi connectivity index (χ4n) is 1.78. The molecule has 1 amide bonds. The van der Waals surface area contributed by atoms with Crippen LogP contribution in [0.1, 0.15) is 24.2 Å². The monoisotopic (exact) mass is 323 g/mol. The minimum Gasteiger partial charge on any atom is -0.355 e. The van der Waals surface area contributed by atoms with Gasteiger partial charge < -0.3 is 9.84 Å². The van der Waals surface area contributed by atoms with Crippen molar-refractivity contribution in [2.24, 2.45) is 0 Å². The number of hydrogen-bond donors (Lipinski definition) is 1. The molecule has 0 saturated heterocycles. The number of thioether (sulfide) groups is 1. The normalized spacial score (nSPS) is 10.6. The first kappa shape index (κ1) is 16.5. The van der Waals surface area contributed by atoms with E-state index in [9.17, 15) is 9.18 Å². The van der Waals surface area contributed by atoms with Crippen molar-refractivity contribution in [2.75, 3.05) is 12.3 Å². The number of nitrogens with zero attached hydrogens (tertiary/aromatic N) is 2. The molecule has 0 aliphatic heterocycles. The summed E-state index contributed by atoms with van der Waals surface area (Å²) in [5.74, 6) is 1.83. The molecule has 5 nitrogen and oxygen atoms in total. The van der Waals surface area contributed by atoms with Gasteiger partial charge >= 0.3 is 0 Å². The molecule has 2 aromatic rings. The van der Waals surface area contributed by atoms with E-state index in [1.165, 1.54) is 23.9 Å². The Morgan fingerprint density at radius 1 is 1.36 bits per heavy atom. The first-order valence-electron chi connectivity index (χ1n) is 7.07. The van der Waals surface area contributed by atoms with E-state index in [2.05, 4.69) is 15.5 Å². The summed E-state index contributed by atoms with van der Waals surface area (Å²) in [5.41, 5.74) is 0.994. The Morgan fingerprint density at radius 2 is 2.14 bits per heavy atom. The molecule has 0 fully saturated rings. The molecular formula is C15H18FN3O2S. The van der Waals surface area contributed by atoms with Gasteiger partial charge in [0, 0.05) is 13.0 Å². The second-order valence-corrected chi connectivity index (χ2v) is 5.66. The number of amides is 1. The van der Waals surface area contributed by atoms with E-state index >= 15 is 0 Å². The van der Waals surface area contributed by atoms with E-state index in [1.807, 2.05) is 6.92 Å². The maximum Gasteiger partial charge on any atom is 0.230 e. The largest absolute Gasteiger partial charge is 0.355 e. The molecular weight excluding hydrogens is 305 g/mol. The van der Waals surface area contributed by atoms with E-state index in [0.29, 0.717) is 42.6 Å². The van der Waals surface area contributed by atoms with Crippen LogP contribution < -0.4 is 5.32 Å². The van der Waals surface area contributed by atoms with Crippen LogP contribution >= 0.6 is 11.8 Å². The Kier molecular flexibility index (Phi) is 6.39. The summed E-state index contributed by atoms with van der Waals surface area (Å²) in [7, 11) is 0. The molecule has 118 valence electrons. The molecule has 1 heterocycles. The summed E-state index contributed by atoms with van der Waals surface area (Å²) >= 11 is 1.44. The lowest BCUT2D eigenvalue weighted by atomic mass is 10.1. The molecule has 0 bridgehead atoms. The molecule has 0 unspecified atom stereocenters. The lowest BCUT2D eigenvalue weighted by Crippen LogP contribution is -2.27. The number of rotatable bonds is 8. The van der Waals surface area contributed by atoms with Gasteiger partial charge in [0.1, 0.15) is 5.82 Å².